The van der Waals surface area contributed by atoms with Crippen molar-refractivity contribution in [2.75, 3.05) is 0 Å². The lowest BCUT2D eigenvalue weighted by atomic mass is 10.1. The monoisotopic (exact) mass is 263 g/mol. The molecule has 1 heterocycles. The maximum Gasteiger partial charge on any atom is 0.248 e. The van der Waals surface area contributed by atoms with Crippen LogP contribution in [0.25, 0.3) is 0 Å². The Labute approximate surface area is 109 Å². The van der Waals surface area contributed by atoms with Crippen molar-refractivity contribution < 1.29 is 13.7 Å². The summed E-state index contributed by atoms with van der Waals surface area (Å²) in [7, 11) is 0. The van der Waals surface area contributed by atoms with Crippen molar-refractivity contribution in [3.05, 3.63) is 52.7 Å². The number of hydrogen-bond acceptors (Lipinski definition) is 4. The van der Waals surface area contributed by atoms with Crippen molar-refractivity contribution >= 4 is 5.91 Å². The fourth-order valence-electron chi connectivity index (χ4n) is 1.66. The Morgan fingerprint density at radius 2 is 2.21 bits per heavy atom. The number of carbonyl (C=O) groups excluding carboxylic acids is 1. The number of aryl methyl sites for hydroxylation is 1. The summed E-state index contributed by atoms with van der Waals surface area (Å²) < 4.78 is 18.7. The number of aromatic nitrogens is 1. The first-order chi connectivity index (χ1) is 9.06. The third-order valence-electron chi connectivity index (χ3n) is 2.63. The van der Waals surface area contributed by atoms with Gasteiger partial charge in [-0.1, -0.05) is 11.2 Å². The minimum Gasteiger partial charge on any atom is -0.366 e. The molecule has 1 amide bonds. The molecular formula is C13H14FN3O2. The topological polar surface area (TPSA) is 81.1 Å². The Bertz CT molecular complexity index is 595. The summed E-state index contributed by atoms with van der Waals surface area (Å²) in [5.74, 6) is -0.417. The van der Waals surface area contributed by atoms with Crippen LogP contribution in [-0.2, 0) is 13.1 Å². The van der Waals surface area contributed by atoms with Gasteiger partial charge < -0.3 is 15.6 Å². The molecule has 0 aliphatic heterocycles. The Balaban J connectivity index is 1.94. The highest BCUT2D eigenvalue weighted by Crippen LogP contribution is 2.10. The average Bonchev–Trinajstić information content (AvgIpc) is 2.77. The zero-order valence-corrected chi connectivity index (χ0v) is 10.4. The molecule has 0 saturated carbocycles. The first kappa shape index (κ1) is 13.2. The van der Waals surface area contributed by atoms with E-state index in [2.05, 4.69) is 10.5 Å². The van der Waals surface area contributed by atoms with Crippen LogP contribution in [0.15, 0.2) is 28.8 Å². The number of halogens is 1. The molecule has 5 nitrogen and oxygen atoms in total. The highest BCUT2D eigenvalue weighted by atomic mass is 19.1. The van der Waals surface area contributed by atoms with Crippen LogP contribution in [0, 0.1) is 12.7 Å². The van der Waals surface area contributed by atoms with Crippen LogP contribution in [0.3, 0.4) is 0 Å². The molecule has 3 N–H and O–H groups in total. The molecule has 100 valence electrons. The summed E-state index contributed by atoms with van der Waals surface area (Å²) >= 11 is 0. The van der Waals surface area contributed by atoms with E-state index in [1.165, 1.54) is 12.1 Å². The number of nitrogens with zero attached hydrogens (tertiary/aromatic N) is 1. The molecule has 0 fully saturated rings. The second-order valence-electron chi connectivity index (χ2n) is 4.21. The number of hydrogen-bond donors (Lipinski definition) is 2. The molecular weight excluding hydrogens is 249 g/mol. The van der Waals surface area contributed by atoms with Crippen molar-refractivity contribution in [3.63, 3.8) is 0 Å². The zero-order valence-electron chi connectivity index (χ0n) is 10.4. The first-order valence-corrected chi connectivity index (χ1v) is 5.77. The van der Waals surface area contributed by atoms with E-state index in [-0.39, 0.29) is 5.56 Å². The van der Waals surface area contributed by atoms with Gasteiger partial charge in [0.05, 0.1) is 12.2 Å². The number of nitrogens with two attached hydrogens (primary N) is 1. The summed E-state index contributed by atoms with van der Waals surface area (Å²) in [6.45, 7) is 2.61. The van der Waals surface area contributed by atoms with Gasteiger partial charge in [0.15, 0.2) is 5.76 Å². The molecule has 0 bridgehead atoms. The van der Waals surface area contributed by atoms with Crippen LogP contribution in [0.4, 0.5) is 4.39 Å². The highest BCUT2D eigenvalue weighted by Gasteiger charge is 2.07. The molecule has 2 aromatic rings. The Hall–Kier alpha value is -2.21. The average molecular weight is 263 g/mol. The van der Waals surface area contributed by atoms with Crippen molar-refractivity contribution in [2.24, 2.45) is 5.73 Å². The molecule has 1 aromatic heterocycles. The van der Waals surface area contributed by atoms with Gasteiger partial charge in [0.25, 0.3) is 0 Å². The predicted molar refractivity (Wildman–Crippen MR) is 66.7 cm³/mol. The SMILES string of the molecule is Cc1cc(CNCc2ccc(C(N)=O)cc2F)on1. The second kappa shape index (κ2) is 5.62. The normalized spacial score (nSPS) is 10.6. The van der Waals surface area contributed by atoms with Crippen molar-refractivity contribution in [1.82, 2.24) is 10.5 Å². The van der Waals surface area contributed by atoms with Crippen LogP contribution in [0.2, 0.25) is 0 Å². The third-order valence-corrected chi connectivity index (χ3v) is 2.63. The maximum atomic E-state index is 13.7. The largest absolute Gasteiger partial charge is 0.366 e. The summed E-state index contributed by atoms with van der Waals surface area (Å²) in [6, 6.07) is 5.98. The second-order valence-corrected chi connectivity index (χ2v) is 4.21. The molecule has 1 aromatic carbocycles. The quantitative estimate of drug-likeness (QED) is 0.856. The van der Waals surface area contributed by atoms with Crippen molar-refractivity contribution in [2.45, 2.75) is 20.0 Å². The lowest BCUT2D eigenvalue weighted by Crippen LogP contribution is -2.15. The van der Waals surface area contributed by atoms with E-state index >= 15 is 0 Å². The Morgan fingerprint density at radius 1 is 1.42 bits per heavy atom. The van der Waals surface area contributed by atoms with E-state index < -0.39 is 11.7 Å². The lowest BCUT2D eigenvalue weighted by molar-refractivity contribution is 0.1000. The molecule has 0 radical (unpaired) electrons. The maximum absolute atomic E-state index is 13.7. The number of amides is 1. The van der Waals surface area contributed by atoms with E-state index in [0.717, 1.165) is 11.8 Å². The van der Waals surface area contributed by atoms with Gasteiger partial charge >= 0.3 is 0 Å². The van der Waals surface area contributed by atoms with E-state index in [9.17, 15) is 9.18 Å². The van der Waals surface area contributed by atoms with E-state index in [1.54, 1.807) is 6.07 Å². The molecule has 0 atom stereocenters. The van der Waals surface area contributed by atoms with Gasteiger partial charge in [-0.25, -0.2) is 4.39 Å². The molecule has 0 saturated heterocycles. The Kier molecular flexibility index (Phi) is 3.91. The van der Waals surface area contributed by atoms with Gasteiger partial charge in [0.2, 0.25) is 5.91 Å². The van der Waals surface area contributed by atoms with E-state index in [1.807, 2.05) is 6.92 Å². The first-order valence-electron chi connectivity index (χ1n) is 5.77. The highest BCUT2D eigenvalue weighted by molar-refractivity contribution is 5.92. The minimum absolute atomic E-state index is 0.159. The standard InChI is InChI=1S/C13H14FN3O2/c1-8-4-11(19-17-8)7-16-6-10-3-2-9(13(15)18)5-12(10)14/h2-5,16H,6-7H2,1H3,(H2,15,18). The molecule has 19 heavy (non-hydrogen) atoms. The van der Waals surface area contributed by atoms with Crippen molar-refractivity contribution in [3.8, 4) is 0 Å². The number of nitrogens with one attached hydrogen (secondary N) is 1. The molecule has 0 spiro atoms. The summed E-state index contributed by atoms with van der Waals surface area (Å²) in [6.07, 6.45) is 0. The van der Waals surface area contributed by atoms with Crippen molar-refractivity contribution in [1.29, 1.82) is 0 Å². The minimum atomic E-state index is -0.643. The third kappa shape index (κ3) is 3.38. The van der Waals surface area contributed by atoms with Gasteiger partial charge in [-0.3, -0.25) is 4.79 Å². The number of carbonyl (C=O) groups is 1. The van der Waals surface area contributed by atoms with Gasteiger partial charge in [0.1, 0.15) is 5.82 Å². The fraction of sp³-hybridized carbons (Fsp3) is 0.231. The smallest absolute Gasteiger partial charge is 0.248 e. The fourth-order valence-corrected chi connectivity index (χ4v) is 1.66. The predicted octanol–water partition coefficient (Wildman–Crippen LogP) is 1.51. The van der Waals surface area contributed by atoms with E-state index in [0.29, 0.717) is 24.4 Å². The zero-order chi connectivity index (χ0) is 13.8. The van der Waals surface area contributed by atoms with Gasteiger partial charge in [-0.15, -0.1) is 0 Å². The van der Waals surface area contributed by atoms with Gasteiger partial charge in [-0.2, -0.15) is 0 Å². The van der Waals surface area contributed by atoms with Gasteiger partial charge in [0, 0.05) is 23.7 Å². The molecule has 6 heteroatoms. The number of primary amides is 1. The van der Waals surface area contributed by atoms with E-state index in [4.69, 9.17) is 10.3 Å². The number of benzene rings is 1. The molecule has 0 aliphatic carbocycles. The van der Waals surface area contributed by atoms with Crippen LogP contribution < -0.4 is 11.1 Å². The number of rotatable bonds is 5. The van der Waals surface area contributed by atoms with Crippen LogP contribution >= 0.6 is 0 Å². The molecule has 2 rings (SSSR count). The summed E-state index contributed by atoms with van der Waals surface area (Å²) in [4.78, 5) is 10.9. The van der Waals surface area contributed by atoms with Crippen LogP contribution in [0.1, 0.15) is 27.4 Å². The summed E-state index contributed by atoms with van der Waals surface area (Å²) in [5, 5.41) is 6.78. The lowest BCUT2D eigenvalue weighted by Gasteiger charge is -2.05. The van der Waals surface area contributed by atoms with Gasteiger partial charge in [-0.05, 0) is 19.1 Å². The molecule has 0 unspecified atom stereocenters. The van der Waals surface area contributed by atoms with Crippen LogP contribution in [-0.4, -0.2) is 11.1 Å². The Morgan fingerprint density at radius 3 is 2.79 bits per heavy atom. The summed E-state index contributed by atoms with van der Waals surface area (Å²) in [5.41, 5.74) is 6.49. The van der Waals surface area contributed by atoms with Crippen LogP contribution in [0.5, 0.6) is 0 Å². The molecule has 0 aliphatic rings.